The van der Waals surface area contributed by atoms with Crippen LogP contribution >= 0.6 is 0 Å². The number of aliphatic carboxylic acids is 2. The van der Waals surface area contributed by atoms with Gasteiger partial charge in [0.25, 0.3) is 5.56 Å². The summed E-state index contributed by atoms with van der Waals surface area (Å²) in [6, 6.07) is 1.36. The zero-order chi connectivity index (χ0) is 11.7. The number of rotatable bonds is 2. The molecule has 7 nitrogen and oxygen atoms in total. The number of carbonyl (C=O) groups is 2. The van der Waals surface area contributed by atoms with Crippen LogP contribution in [-0.4, -0.2) is 32.1 Å². The number of nitrogens with zero attached hydrogens (tertiary/aromatic N) is 1. The van der Waals surface area contributed by atoms with E-state index in [-0.39, 0.29) is 5.56 Å². The summed E-state index contributed by atoms with van der Waals surface area (Å²) in [6.07, 6.45) is 3.91. The normalized spacial score (nSPS) is 9.07. The van der Waals surface area contributed by atoms with Gasteiger partial charge in [0.05, 0.1) is 6.33 Å². The molecule has 0 fully saturated rings. The molecule has 0 radical (unpaired) electrons. The first-order chi connectivity index (χ1) is 7.02. The van der Waals surface area contributed by atoms with Crippen molar-refractivity contribution in [2.45, 2.75) is 0 Å². The van der Waals surface area contributed by atoms with Crippen molar-refractivity contribution in [3.8, 4) is 0 Å². The highest BCUT2D eigenvalue weighted by Gasteiger charge is 1.88. The second kappa shape index (κ2) is 7.01. The van der Waals surface area contributed by atoms with E-state index in [1.165, 1.54) is 18.6 Å². The van der Waals surface area contributed by atoms with Crippen LogP contribution in [0.4, 0.5) is 0 Å². The largest absolute Gasteiger partial charge is 0.478 e. The molecule has 3 N–H and O–H groups in total. The summed E-state index contributed by atoms with van der Waals surface area (Å²) < 4.78 is 0. The predicted molar refractivity (Wildman–Crippen MR) is 49.3 cm³/mol. The molecule has 0 aliphatic carbocycles. The molecular formula is C8H8N2O5. The minimum atomic E-state index is -1.26. The first-order valence-electron chi connectivity index (χ1n) is 3.65. The van der Waals surface area contributed by atoms with Crippen LogP contribution in [-0.2, 0) is 9.59 Å². The minimum absolute atomic E-state index is 0.116. The summed E-state index contributed by atoms with van der Waals surface area (Å²) in [4.78, 5) is 35.2. The number of aromatic amines is 1. The first kappa shape index (κ1) is 12.6. The Hall–Kier alpha value is -2.44. The Bertz CT molecular complexity index is 376. The average Bonchev–Trinajstić information content (AvgIpc) is 2.17. The molecule has 7 heteroatoms. The molecule has 1 aromatic heterocycles. The highest BCUT2D eigenvalue weighted by molar-refractivity contribution is 5.89. The van der Waals surface area contributed by atoms with Gasteiger partial charge in [-0.25, -0.2) is 14.6 Å². The molecule has 1 aromatic rings. The van der Waals surface area contributed by atoms with E-state index in [9.17, 15) is 14.4 Å². The van der Waals surface area contributed by atoms with Gasteiger partial charge in [0, 0.05) is 24.4 Å². The van der Waals surface area contributed by atoms with Crippen molar-refractivity contribution in [1.29, 1.82) is 0 Å². The number of hydrogen-bond donors (Lipinski definition) is 3. The van der Waals surface area contributed by atoms with Crippen LogP contribution < -0.4 is 5.56 Å². The Balaban J connectivity index is 0.000000262. The third-order valence-electron chi connectivity index (χ3n) is 0.962. The average molecular weight is 212 g/mol. The highest BCUT2D eigenvalue weighted by Crippen LogP contribution is 1.70. The van der Waals surface area contributed by atoms with Crippen LogP contribution in [0.15, 0.2) is 35.5 Å². The molecular weight excluding hydrogens is 204 g/mol. The lowest BCUT2D eigenvalue weighted by atomic mass is 10.5. The third-order valence-corrected chi connectivity index (χ3v) is 0.962. The summed E-state index contributed by atoms with van der Waals surface area (Å²) in [7, 11) is 0. The number of aromatic nitrogens is 2. The van der Waals surface area contributed by atoms with Gasteiger partial charge in [-0.05, 0) is 0 Å². The minimum Gasteiger partial charge on any atom is -0.478 e. The lowest BCUT2D eigenvalue weighted by Gasteiger charge is -1.74. The molecule has 0 atom stereocenters. The van der Waals surface area contributed by atoms with Gasteiger partial charge in [0.15, 0.2) is 0 Å². The Kier molecular flexibility index (Phi) is 5.87. The molecule has 1 rings (SSSR count). The van der Waals surface area contributed by atoms with Crippen molar-refractivity contribution in [1.82, 2.24) is 9.97 Å². The Labute approximate surface area is 83.7 Å². The van der Waals surface area contributed by atoms with Crippen molar-refractivity contribution in [3.05, 3.63) is 41.1 Å². The van der Waals surface area contributed by atoms with Crippen LogP contribution in [0.1, 0.15) is 0 Å². The van der Waals surface area contributed by atoms with Crippen LogP contribution in [0.25, 0.3) is 0 Å². The highest BCUT2D eigenvalue weighted by atomic mass is 16.4. The third kappa shape index (κ3) is 9.47. The molecule has 0 aromatic carbocycles. The predicted octanol–water partition coefficient (Wildman–Crippen LogP) is -0.518. The molecule has 0 unspecified atom stereocenters. The maximum absolute atomic E-state index is 10.2. The fourth-order valence-corrected chi connectivity index (χ4v) is 0.445. The number of carboxylic acids is 2. The monoisotopic (exact) mass is 212 g/mol. The van der Waals surface area contributed by atoms with Gasteiger partial charge in [-0.15, -0.1) is 0 Å². The quantitative estimate of drug-likeness (QED) is 0.567. The van der Waals surface area contributed by atoms with Gasteiger partial charge in [-0.1, -0.05) is 0 Å². The molecule has 0 amide bonds. The summed E-state index contributed by atoms with van der Waals surface area (Å²) in [5.41, 5.74) is -0.116. The van der Waals surface area contributed by atoms with E-state index in [2.05, 4.69) is 9.97 Å². The van der Waals surface area contributed by atoms with Gasteiger partial charge in [0.2, 0.25) is 0 Å². The van der Waals surface area contributed by atoms with E-state index in [4.69, 9.17) is 10.2 Å². The summed E-state index contributed by atoms with van der Waals surface area (Å²) in [5, 5.41) is 15.6. The maximum Gasteiger partial charge on any atom is 0.328 e. The van der Waals surface area contributed by atoms with E-state index < -0.39 is 11.9 Å². The molecule has 0 spiro atoms. The number of carboxylic acid groups (broad SMARTS) is 2. The number of hydrogen-bond acceptors (Lipinski definition) is 4. The summed E-state index contributed by atoms with van der Waals surface area (Å²) in [6.45, 7) is 0. The summed E-state index contributed by atoms with van der Waals surface area (Å²) >= 11 is 0. The van der Waals surface area contributed by atoms with Crippen LogP contribution in [0.2, 0.25) is 0 Å². The molecule has 15 heavy (non-hydrogen) atoms. The zero-order valence-corrected chi connectivity index (χ0v) is 7.45. The second-order valence-electron chi connectivity index (χ2n) is 2.11. The van der Waals surface area contributed by atoms with Crippen molar-refractivity contribution in [2.75, 3.05) is 0 Å². The van der Waals surface area contributed by atoms with E-state index in [1.807, 2.05) is 0 Å². The van der Waals surface area contributed by atoms with Crippen molar-refractivity contribution >= 4 is 11.9 Å². The lowest BCUT2D eigenvalue weighted by molar-refractivity contribution is -0.134. The summed E-state index contributed by atoms with van der Waals surface area (Å²) in [5.74, 6) is -2.51. The SMILES string of the molecule is O=C(O)/C=C\C(=O)O.O=c1ccnc[nH]1. The van der Waals surface area contributed by atoms with Crippen LogP contribution in [0.5, 0.6) is 0 Å². The fraction of sp³-hybridized carbons (Fsp3) is 0. The molecule has 0 saturated heterocycles. The smallest absolute Gasteiger partial charge is 0.328 e. The van der Waals surface area contributed by atoms with Gasteiger partial charge < -0.3 is 15.2 Å². The molecule has 0 aliphatic rings. The standard InChI is InChI=1S/C4H4N2O.C4H4O4/c7-4-1-2-5-3-6-4;5-3(6)1-2-4(7)8/h1-3H,(H,5,6,7);1-2H,(H,5,6)(H,7,8)/b;2-1-. The lowest BCUT2D eigenvalue weighted by Crippen LogP contribution is -2.00. The van der Waals surface area contributed by atoms with Gasteiger partial charge in [0.1, 0.15) is 0 Å². The topological polar surface area (TPSA) is 120 Å². The van der Waals surface area contributed by atoms with E-state index in [0.29, 0.717) is 12.2 Å². The van der Waals surface area contributed by atoms with E-state index in [1.54, 1.807) is 0 Å². The van der Waals surface area contributed by atoms with Crippen molar-refractivity contribution in [3.63, 3.8) is 0 Å². The van der Waals surface area contributed by atoms with Gasteiger partial charge in [-0.3, -0.25) is 4.79 Å². The fourth-order valence-electron chi connectivity index (χ4n) is 0.445. The second-order valence-corrected chi connectivity index (χ2v) is 2.11. The Morgan fingerprint density at radius 2 is 1.80 bits per heavy atom. The van der Waals surface area contributed by atoms with Crippen molar-refractivity contribution < 1.29 is 19.8 Å². The van der Waals surface area contributed by atoms with E-state index in [0.717, 1.165) is 0 Å². The van der Waals surface area contributed by atoms with Gasteiger partial charge >= 0.3 is 11.9 Å². The zero-order valence-electron chi connectivity index (χ0n) is 7.45. The van der Waals surface area contributed by atoms with Crippen LogP contribution in [0.3, 0.4) is 0 Å². The Morgan fingerprint density at radius 3 is 2.00 bits per heavy atom. The Morgan fingerprint density at radius 1 is 1.27 bits per heavy atom. The molecule has 1 heterocycles. The number of nitrogens with one attached hydrogen (secondary N) is 1. The van der Waals surface area contributed by atoms with E-state index >= 15 is 0 Å². The molecule has 0 bridgehead atoms. The van der Waals surface area contributed by atoms with Crippen molar-refractivity contribution in [2.24, 2.45) is 0 Å². The molecule has 80 valence electrons. The first-order valence-corrected chi connectivity index (χ1v) is 3.65. The molecule has 0 aliphatic heterocycles. The number of H-pyrrole nitrogens is 1. The maximum atomic E-state index is 10.2. The van der Waals surface area contributed by atoms with Crippen LogP contribution in [0, 0.1) is 0 Å². The molecule has 0 saturated carbocycles. The van der Waals surface area contributed by atoms with Gasteiger partial charge in [-0.2, -0.15) is 0 Å².